The van der Waals surface area contributed by atoms with Crippen LogP contribution in [0.2, 0.25) is 0 Å². The van der Waals surface area contributed by atoms with Crippen molar-refractivity contribution in [2.75, 3.05) is 11.1 Å². The van der Waals surface area contributed by atoms with Crippen molar-refractivity contribution < 1.29 is 0 Å². The average Bonchev–Trinajstić information content (AvgIpc) is 2.15. The largest absolute Gasteiger partial charge is 0.397 e. The summed E-state index contributed by atoms with van der Waals surface area (Å²) in [6.45, 7) is 2.23. The number of nitrogen functional groups attached to an aromatic ring is 1. The fourth-order valence-corrected chi connectivity index (χ4v) is 1.92. The lowest BCUT2D eigenvalue weighted by Crippen LogP contribution is -2.44. The molecule has 0 amide bonds. The van der Waals surface area contributed by atoms with Gasteiger partial charge in [-0.2, -0.15) is 0 Å². The van der Waals surface area contributed by atoms with Crippen LogP contribution in [0.3, 0.4) is 0 Å². The minimum absolute atomic E-state index is 0.309. The summed E-state index contributed by atoms with van der Waals surface area (Å²) in [5, 5.41) is 3.50. The molecule has 0 aliphatic heterocycles. The number of rotatable bonds is 3. The Kier molecular flexibility index (Phi) is 2.32. The maximum atomic E-state index is 5.58. The Balaban J connectivity index is 2.06. The second kappa shape index (κ2) is 3.48. The van der Waals surface area contributed by atoms with E-state index in [1.165, 1.54) is 25.7 Å². The average molecular weight is 191 g/mol. The molecule has 0 radical (unpaired) electrons. The van der Waals surface area contributed by atoms with Gasteiger partial charge >= 0.3 is 0 Å². The van der Waals surface area contributed by atoms with Gasteiger partial charge in [-0.3, -0.25) is 0 Å². The zero-order chi connectivity index (χ0) is 10.0. The molecule has 2 rings (SSSR count). The number of nitrogens with two attached hydrogens (primary N) is 1. The van der Waals surface area contributed by atoms with E-state index in [1.54, 1.807) is 6.20 Å². The van der Waals surface area contributed by atoms with Gasteiger partial charge in [0.1, 0.15) is 5.82 Å². The van der Waals surface area contributed by atoms with E-state index in [0.717, 1.165) is 11.5 Å². The topological polar surface area (TPSA) is 50.9 Å². The molecule has 1 heterocycles. The van der Waals surface area contributed by atoms with Gasteiger partial charge in [-0.15, -0.1) is 0 Å². The SMILES string of the molecule is CCC1(Nc2ccc(N)cn2)CCC1. The van der Waals surface area contributed by atoms with Crippen LogP contribution in [0.25, 0.3) is 0 Å². The van der Waals surface area contributed by atoms with Gasteiger partial charge in [0.2, 0.25) is 0 Å². The van der Waals surface area contributed by atoms with E-state index in [4.69, 9.17) is 5.73 Å². The van der Waals surface area contributed by atoms with Crippen molar-refractivity contribution in [2.24, 2.45) is 0 Å². The van der Waals surface area contributed by atoms with Gasteiger partial charge < -0.3 is 11.1 Å². The third-order valence-electron chi connectivity index (χ3n) is 3.17. The molecule has 1 aliphatic rings. The molecule has 0 bridgehead atoms. The number of nitrogens with zero attached hydrogens (tertiary/aromatic N) is 1. The molecular weight excluding hydrogens is 174 g/mol. The molecule has 1 aromatic rings. The highest BCUT2D eigenvalue weighted by Crippen LogP contribution is 2.37. The quantitative estimate of drug-likeness (QED) is 0.771. The van der Waals surface area contributed by atoms with Crippen LogP contribution in [0.4, 0.5) is 11.5 Å². The molecule has 14 heavy (non-hydrogen) atoms. The van der Waals surface area contributed by atoms with Crippen LogP contribution in [0, 0.1) is 0 Å². The summed E-state index contributed by atoms with van der Waals surface area (Å²) < 4.78 is 0. The third kappa shape index (κ3) is 1.67. The molecule has 1 fully saturated rings. The van der Waals surface area contributed by atoms with Crippen LogP contribution in [0.5, 0.6) is 0 Å². The number of hydrogen-bond donors (Lipinski definition) is 2. The zero-order valence-electron chi connectivity index (χ0n) is 8.59. The van der Waals surface area contributed by atoms with E-state index in [2.05, 4.69) is 17.2 Å². The standard InChI is InChI=1S/C11H17N3/c1-2-11(6-3-7-11)14-10-5-4-9(12)8-13-10/h4-5,8H,2-3,6-7,12H2,1H3,(H,13,14). The Morgan fingerprint density at radius 2 is 2.29 bits per heavy atom. The van der Waals surface area contributed by atoms with Crippen molar-refractivity contribution in [3.8, 4) is 0 Å². The Hall–Kier alpha value is -1.25. The molecule has 0 aromatic carbocycles. The smallest absolute Gasteiger partial charge is 0.126 e. The predicted molar refractivity (Wildman–Crippen MR) is 59.1 cm³/mol. The van der Waals surface area contributed by atoms with Crippen molar-refractivity contribution in [1.29, 1.82) is 0 Å². The van der Waals surface area contributed by atoms with Crippen molar-refractivity contribution >= 4 is 11.5 Å². The summed E-state index contributed by atoms with van der Waals surface area (Å²) in [5.41, 5.74) is 6.61. The van der Waals surface area contributed by atoms with Crippen LogP contribution >= 0.6 is 0 Å². The molecule has 1 aromatic heterocycles. The number of anilines is 2. The Labute approximate surface area is 84.7 Å². The maximum absolute atomic E-state index is 5.58. The highest BCUT2D eigenvalue weighted by molar-refractivity contribution is 5.45. The third-order valence-corrected chi connectivity index (χ3v) is 3.17. The van der Waals surface area contributed by atoms with Gasteiger partial charge in [0.05, 0.1) is 11.9 Å². The van der Waals surface area contributed by atoms with Crippen LogP contribution < -0.4 is 11.1 Å². The summed E-state index contributed by atoms with van der Waals surface area (Å²) in [7, 11) is 0. The van der Waals surface area contributed by atoms with Crippen LogP contribution in [-0.4, -0.2) is 10.5 Å². The van der Waals surface area contributed by atoms with Gasteiger partial charge in [0, 0.05) is 5.54 Å². The normalized spacial score (nSPS) is 18.6. The zero-order valence-corrected chi connectivity index (χ0v) is 8.59. The van der Waals surface area contributed by atoms with Gasteiger partial charge in [-0.1, -0.05) is 6.92 Å². The number of hydrogen-bond acceptors (Lipinski definition) is 3. The first kappa shape index (κ1) is 9.31. The first-order valence-electron chi connectivity index (χ1n) is 5.24. The van der Waals surface area contributed by atoms with Gasteiger partial charge in [-0.05, 0) is 37.8 Å². The van der Waals surface area contributed by atoms with E-state index < -0.39 is 0 Å². The van der Waals surface area contributed by atoms with Crippen molar-refractivity contribution in [3.05, 3.63) is 18.3 Å². The van der Waals surface area contributed by atoms with Crippen molar-refractivity contribution in [1.82, 2.24) is 4.98 Å². The second-order valence-corrected chi connectivity index (χ2v) is 4.09. The van der Waals surface area contributed by atoms with Gasteiger partial charge in [-0.25, -0.2) is 4.98 Å². The summed E-state index contributed by atoms with van der Waals surface area (Å²) in [6, 6.07) is 3.84. The molecular formula is C11H17N3. The minimum atomic E-state index is 0.309. The van der Waals surface area contributed by atoms with E-state index >= 15 is 0 Å². The summed E-state index contributed by atoms with van der Waals surface area (Å²) >= 11 is 0. The van der Waals surface area contributed by atoms with Crippen LogP contribution in [0.1, 0.15) is 32.6 Å². The highest BCUT2D eigenvalue weighted by Gasteiger charge is 2.34. The van der Waals surface area contributed by atoms with E-state index in [1.807, 2.05) is 12.1 Å². The van der Waals surface area contributed by atoms with E-state index in [9.17, 15) is 0 Å². The molecule has 1 aliphatic carbocycles. The Bertz CT molecular complexity index is 295. The molecule has 3 heteroatoms. The van der Waals surface area contributed by atoms with E-state index in [-0.39, 0.29) is 0 Å². The lowest BCUT2D eigenvalue weighted by atomic mass is 9.75. The lowest BCUT2D eigenvalue weighted by Gasteiger charge is -2.42. The molecule has 1 saturated carbocycles. The number of aromatic nitrogens is 1. The van der Waals surface area contributed by atoms with E-state index in [0.29, 0.717) is 5.54 Å². The maximum Gasteiger partial charge on any atom is 0.126 e. The van der Waals surface area contributed by atoms with Crippen LogP contribution in [0.15, 0.2) is 18.3 Å². The minimum Gasteiger partial charge on any atom is -0.397 e. The summed E-state index contributed by atoms with van der Waals surface area (Å²) in [6.07, 6.45) is 6.71. The van der Waals surface area contributed by atoms with Crippen LogP contribution in [-0.2, 0) is 0 Å². The number of pyridine rings is 1. The monoisotopic (exact) mass is 191 g/mol. The molecule has 0 spiro atoms. The molecule has 3 N–H and O–H groups in total. The lowest BCUT2D eigenvalue weighted by molar-refractivity contribution is 0.269. The first-order valence-corrected chi connectivity index (χ1v) is 5.24. The summed E-state index contributed by atoms with van der Waals surface area (Å²) in [5.74, 6) is 0.945. The van der Waals surface area contributed by atoms with Gasteiger partial charge in [0.25, 0.3) is 0 Å². The molecule has 76 valence electrons. The number of nitrogens with one attached hydrogen (secondary N) is 1. The molecule has 0 atom stereocenters. The molecule has 0 saturated heterocycles. The van der Waals surface area contributed by atoms with Crippen molar-refractivity contribution in [3.63, 3.8) is 0 Å². The highest BCUT2D eigenvalue weighted by atomic mass is 15.1. The second-order valence-electron chi connectivity index (χ2n) is 4.09. The molecule has 3 nitrogen and oxygen atoms in total. The van der Waals surface area contributed by atoms with Gasteiger partial charge in [0.15, 0.2) is 0 Å². The fourth-order valence-electron chi connectivity index (χ4n) is 1.92. The Morgan fingerprint density at radius 3 is 2.71 bits per heavy atom. The Morgan fingerprint density at radius 1 is 1.50 bits per heavy atom. The fraction of sp³-hybridized carbons (Fsp3) is 0.545. The summed E-state index contributed by atoms with van der Waals surface area (Å²) in [4.78, 5) is 4.26. The first-order chi connectivity index (χ1) is 6.74. The molecule has 0 unspecified atom stereocenters. The van der Waals surface area contributed by atoms with Crippen molar-refractivity contribution in [2.45, 2.75) is 38.1 Å². The predicted octanol–water partition coefficient (Wildman–Crippen LogP) is 2.41.